The number of carbonyl (C=O) groups is 1. The third-order valence-electron chi connectivity index (χ3n) is 3.04. The van der Waals surface area contributed by atoms with Gasteiger partial charge in [0.05, 0.1) is 17.7 Å². The Morgan fingerprint density at radius 2 is 2.29 bits per heavy atom. The fraction of sp³-hybridized carbons (Fsp3) is 0.312. The predicted molar refractivity (Wildman–Crippen MR) is 83.1 cm³/mol. The highest BCUT2D eigenvalue weighted by Gasteiger charge is 2.19. The van der Waals surface area contributed by atoms with E-state index in [-0.39, 0.29) is 5.97 Å². The van der Waals surface area contributed by atoms with Crippen LogP contribution in [0, 0.1) is 18.3 Å². The summed E-state index contributed by atoms with van der Waals surface area (Å²) in [5, 5.41) is 10.4. The van der Waals surface area contributed by atoms with Crippen LogP contribution in [0.1, 0.15) is 25.0 Å². The molecule has 4 nitrogen and oxygen atoms in total. The summed E-state index contributed by atoms with van der Waals surface area (Å²) < 4.78 is 4.99. The van der Waals surface area contributed by atoms with Gasteiger partial charge in [0.2, 0.25) is 0 Å². The van der Waals surface area contributed by atoms with Gasteiger partial charge in [-0.1, -0.05) is 30.0 Å². The molecule has 5 heteroatoms. The van der Waals surface area contributed by atoms with Crippen LogP contribution in [-0.4, -0.2) is 22.8 Å². The van der Waals surface area contributed by atoms with Crippen molar-refractivity contribution in [1.82, 2.24) is 4.98 Å². The fourth-order valence-corrected chi connectivity index (χ4v) is 2.85. The van der Waals surface area contributed by atoms with Gasteiger partial charge in [0.15, 0.2) is 0 Å². The molecule has 0 aliphatic carbocycles. The van der Waals surface area contributed by atoms with E-state index in [2.05, 4.69) is 11.1 Å². The van der Waals surface area contributed by atoms with Gasteiger partial charge < -0.3 is 4.74 Å². The maximum Gasteiger partial charge on any atom is 0.319 e. The number of ether oxygens (including phenoxy) is 1. The molecule has 2 aromatic rings. The number of thioether (sulfide) groups is 1. The number of pyridine rings is 1. The van der Waals surface area contributed by atoms with E-state index < -0.39 is 5.25 Å². The van der Waals surface area contributed by atoms with Crippen molar-refractivity contribution in [2.75, 3.05) is 6.61 Å². The van der Waals surface area contributed by atoms with Crippen molar-refractivity contribution in [3.63, 3.8) is 0 Å². The minimum atomic E-state index is -0.397. The van der Waals surface area contributed by atoms with Gasteiger partial charge >= 0.3 is 5.97 Å². The zero-order chi connectivity index (χ0) is 15.4. The number of aromatic nitrogens is 1. The summed E-state index contributed by atoms with van der Waals surface area (Å²) in [6.07, 6.45) is 0. The first kappa shape index (κ1) is 15.3. The lowest BCUT2D eigenvalue weighted by molar-refractivity contribution is -0.142. The number of esters is 1. The van der Waals surface area contributed by atoms with Crippen LogP contribution in [0.3, 0.4) is 0 Å². The smallest absolute Gasteiger partial charge is 0.319 e. The van der Waals surface area contributed by atoms with Gasteiger partial charge in [0.1, 0.15) is 16.3 Å². The molecule has 1 aromatic carbocycles. The van der Waals surface area contributed by atoms with Crippen molar-refractivity contribution in [3.05, 3.63) is 35.4 Å². The summed E-state index contributed by atoms with van der Waals surface area (Å²) >= 11 is 1.26. The Hall–Kier alpha value is -2.06. The highest BCUT2D eigenvalue weighted by atomic mass is 32.2. The van der Waals surface area contributed by atoms with Gasteiger partial charge in [-0.2, -0.15) is 5.26 Å². The van der Waals surface area contributed by atoms with Gasteiger partial charge in [0, 0.05) is 5.39 Å². The molecule has 0 amide bonds. The van der Waals surface area contributed by atoms with Gasteiger partial charge in [-0.25, -0.2) is 4.98 Å². The molecule has 1 aromatic heterocycles. The maximum atomic E-state index is 11.7. The number of rotatable bonds is 4. The summed E-state index contributed by atoms with van der Waals surface area (Å²) in [6.45, 7) is 5.85. The molecule has 0 bridgehead atoms. The highest BCUT2D eigenvalue weighted by Crippen LogP contribution is 2.29. The second-order valence-electron chi connectivity index (χ2n) is 4.61. The first-order valence-corrected chi connectivity index (χ1v) is 7.58. The molecule has 0 unspecified atom stereocenters. The van der Waals surface area contributed by atoms with Crippen LogP contribution in [0.2, 0.25) is 0 Å². The Balaban J connectivity index is 2.41. The lowest BCUT2D eigenvalue weighted by Gasteiger charge is -2.11. The maximum absolute atomic E-state index is 11.7. The first-order chi connectivity index (χ1) is 10.1. The van der Waals surface area contributed by atoms with Crippen molar-refractivity contribution >= 4 is 28.6 Å². The zero-order valence-electron chi connectivity index (χ0n) is 12.2. The zero-order valence-corrected chi connectivity index (χ0v) is 13.0. The third-order valence-corrected chi connectivity index (χ3v) is 4.12. The summed E-state index contributed by atoms with van der Waals surface area (Å²) in [7, 11) is 0. The minimum Gasteiger partial charge on any atom is -0.465 e. The number of hydrogen-bond donors (Lipinski definition) is 0. The molecular weight excluding hydrogens is 284 g/mol. The molecule has 1 atom stereocenters. The Morgan fingerprint density at radius 1 is 1.52 bits per heavy atom. The van der Waals surface area contributed by atoms with E-state index in [0.717, 1.165) is 16.5 Å². The molecule has 0 saturated carbocycles. The van der Waals surface area contributed by atoms with E-state index in [9.17, 15) is 10.1 Å². The lowest BCUT2D eigenvalue weighted by atomic mass is 10.1. The van der Waals surface area contributed by atoms with Crippen LogP contribution >= 0.6 is 11.8 Å². The standard InChI is InChI=1S/C16H16N2O2S/c1-4-20-16(19)11(3)21-15-13(9-17)8-12-7-5-6-10(2)14(12)18-15/h5-8,11H,4H2,1-3H3/t11-/m1/s1. The molecule has 2 rings (SSSR count). The quantitative estimate of drug-likeness (QED) is 0.639. The summed E-state index contributed by atoms with van der Waals surface area (Å²) in [6, 6.07) is 9.81. The molecule has 0 aliphatic rings. The summed E-state index contributed by atoms with van der Waals surface area (Å²) in [5.74, 6) is -0.293. The highest BCUT2D eigenvalue weighted by molar-refractivity contribution is 8.00. The van der Waals surface area contributed by atoms with E-state index in [4.69, 9.17) is 4.74 Å². The van der Waals surface area contributed by atoms with Crippen molar-refractivity contribution < 1.29 is 9.53 Å². The number of nitriles is 1. The normalized spacial score (nSPS) is 11.9. The minimum absolute atomic E-state index is 0.293. The number of benzene rings is 1. The number of carbonyl (C=O) groups excluding carboxylic acids is 1. The van der Waals surface area contributed by atoms with Crippen LogP contribution in [0.15, 0.2) is 29.3 Å². The van der Waals surface area contributed by atoms with Gasteiger partial charge in [-0.15, -0.1) is 0 Å². The van der Waals surface area contributed by atoms with Crippen LogP contribution in [0.25, 0.3) is 10.9 Å². The van der Waals surface area contributed by atoms with Gasteiger partial charge in [-0.3, -0.25) is 4.79 Å². The van der Waals surface area contributed by atoms with E-state index in [1.54, 1.807) is 13.8 Å². The molecule has 0 fully saturated rings. The van der Waals surface area contributed by atoms with E-state index >= 15 is 0 Å². The monoisotopic (exact) mass is 300 g/mol. The summed E-state index contributed by atoms with van der Waals surface area (Å²) in [5.41, 5.74) is 2.38. The second-order valence-corrected chi connectivity index (χ2v) is 5.94. The van der Waals surface area contributed by atoms with Crippen LogP contribution in [0.5, 0.6) is 0 Å². The molecule has 1 heterocycles. The van der Waals surface area contributed by atoms with Crippen molar-refractivity contribution in [1.29, 1.82) is 5.26 Å². The second kappa shape index (κ2) is 6.59. The topological polar surface area (TPSA) is 63.0 Å². The molecule has 0 N–H and O–H groups in total. The van der Waals surface area contributed by atoms with Crippen molar-refractivity contribution in [3.8, 4) is 6.07 Å². The Bertz CT molecular complexity index is 722. The van der Waals surface area contributed by atoms with E-state index in [1.165, 1.54) is 11.8 Å². The van der Waals surface area contributed by atoms with Crippen LogP contribution < -0.4 is 0 Å². The molecule has 0 saturated heterocycles. The van der Waals surface area contributed by atoms with E-state index in [1.807, 2.05) is 31.2 Å². The average molecular weight is 300 g/mol. The SMILES string of the molecule is CCOC(=O)[C@@H](C)Sc1nc2c(C)cccc2cc1C#N. The molecule has 0 spiro atoms. The van der Waals surface area contributed by atoms with Crippen molar-refractivity contribution in [2.24, 2.45) is 0 Å². The van der Waals surface area contributed by atoms with E-state index in [0.29, 0.717) is 17.2 Å². The number of aryl methyl sites for hydroxylation is 1. The number of nitrogens with zero attached hydrogens (tertiary/aromatic N) is 2. The lowest BCUT2D eigenvalue weighted by Crippen LogP contribution is -2.17. The molecule has 0 aliphatic heterocycles. The molecule has 21 heavy (non-hydrogen) atoms. The molecule has 108 valence electrons. The average Bonchev–Trinajstić information content (AvgIpc) is 2.47. The van der Waals surface area contributed by atoms with Gasteiger partial charge in [-0.05, 0) is 32.4 Å². The summed E-state index contributed by atoms with van der Waals surface area (Å²) in [4.78, 5) is 16.3. The Kier molecular flexibility index (Phi) is 4.81. The Labute approximate surface area is 128 Å². The number of para-hydroxylation sites is 1. The molecule has 0 radical (unpaired) electrons. The predicted octanol–water partition coefficient (Wildman–Crippen LogP) is 3.46. The van der Waals surface area contributed by atoms with Crippen LogP contribution in [-0.2, 0) is 9.53 Å². The number of hydrogen-bond acceptors (Lipinski definition) is 5. The molecular formula is C16H16N2O2S. The van der Waals surface area contributed by atoms with Crippen molar-refractivity contribution in [2.45, 2.75) is 31.0 Å². The van der Waals surface area contributed by atoms with Crippen LogP contribution in [0.4, 0.5) is 0 Å². The Morgan fingerprint density at radius 3 is 2.95 bits per heavy atom. The first-order valence-electron chi connectivity index (χ1n) is 6.70. The third kappa shape index (κ3) is 3.34. The largest absolute Gasteiger partial charge is 0.465 e. The van der Waals surface area contributed by atoms with Gasteiger partial charge in [0.25, 0.3) is 0 Å². The fourth-order valence-electron chi connectivity index (χ4n) is 1.97. The number of fused-ring (bicyclic) bond motifs is 1.